The lowest BCUT2D eigenvalue weighted by Crippen LogP contribution is -2.41. The van der Waals surface area contributed by atoms with Crippen molar-refractivity contribution in [1.82, 2.24) is 10.6 Å². The third-order valence-corrected chi connectivity index (χ3v) is 3.45. The van der Waals surface area contributed by atoms with Crippen LogP contribution in [0.1, 0.15) is 43.5 Å². The molecule has 1 rings (SSSR count). The molecule has 0 bridgehead atoms. The van der Waals surface area contributed by atoms with E-state index in [0.29, 0.717) is 24.9 Å². The molecule has 1 aromatic rings. The second kappa shape index (κ2) is 11.8. The molecule has 0 saturated heterocycles. The van der Waals surface area contributed by atoms with E-state index in [1.807, 2.05) is 0 Å². The van der Waals surface area contributed by atoms with Gasteiger partial charge in [-0.25, -0.2) is 8.78 Å². The number of carbonyl (C=O) groups is 2. The van der Waals surface area contributed by atoms with Crippen molar-refractivity contribution >= 4 is 24.2 Å². The van der Waals surface area contributed by atoms with Gasteiger partial charge < -0.3 is 16.4 Å². The highest BCUT2D eigenvalue weighted by molar-refractivity contribution is 5.94. The van der Waals surface area contributed by atoms with Crippen LogP contribution in [0.25, 0.3) is 0 Å². The minimum absolute atomic E-state index is 0. The van der Waals surface area contributed by atoms with Gasteiger partial charge in [-0.05, 0) is 30.9 Å². The number of carbonyl (C=O) groups excluding carboxylic acids is 2. The fraction of sp³-hybridized carbons (Fsp3) is 0.529. The molecule has 0 aliphatic heterocycles. The molecule has 0 radical (unpaired) electrons. The van der Waals surface area contributed by atoms with Gasteiger partial charge in [0.1, 0.15) is 11.6 Å². The molecule has 0 fully saturated rings. The molecule has 2 amide bonds. The lowest BCUT2D eigenvalue weighted by atomic mass is 10.0. The Morgan fingerprint density at radius 2 is 1.92 bits per heavy atom. The van der Waals surface area contributed by atoms with Gasteiger partial charge in [0.15, 0.2) is 0 Å². The molecule has 0 heterocycles. The first-order valence-corrected chi connectivity index (χ1v) is 8.06. The Hall–Kier alpha value is -1.73. The Bertz CT molecular complexity index is 571. The van der Waals surface area contributed by atoms with E-state index in [4.69, 9.17) is 5.73 Å². The number of nitrogens with one attached hydrogen (secondary N) is 2. The number of nitrogens with two attached hydrogens (primary N) is 1. The zero-order chi connectivity index (χ0) is 18.1. The van der Waals surface area contributed by atoms with Gasteiger partial charge in [0, 0.05) is 31.6 Å². The zero-order valence-electron chi connectivity index (χ0n) is 14.5. The number of rotatable bonds is 9. The largest absolute Gasteiger partial charge is 0.352 e. The molecular formula is C17H26ClF2N3O2. The molecule has 0 aliphatic carbocycles. The van der Waals surface area contributed by atoms with Gasteiger partial charge in [-0.1, -0.05) is 13.8 Å². The molecule has 8 heteroatoms. The molecule has 5 nitrogen and oxygen atoms in total. The third-order valence-electron chi connectivity index (χ3n) is 3.45. The summed E-state index contributed by atoms with van der Waals surface area (Å²) in [6.07, 6.45) is 1.46. The van der Waals surface area contributed by atoms with E-state index >= 15 is 0 Å². The van der Waals surface area contributed by atoms with Crippen molar-refractivity contribution in [2.45, 2.75) is 39.2 Å². The van der Waals surface area contributed by atoms with E-state index in [2.05, 4.69) is 24.5 Å². The quantitative estimate of drug-likeness (QED) is 0.578. The van der Waals surface area contributed by atoms with Crippen molar-refractivity contribution in [3.05, 3.63) is 35.4 Å². The number of benzene rings is 1. The Morgan fingerprint density at radius 1 is 1.24 bits per heavy atom. The fourth-order valence-electron chi connectivity index (χ4n) is 2.30. The maximum absolute atomic E-state index is 13.4. The monoisotopic (exact) mass is 377 g/mol. The predicted octanol–water partition coefficient (Wildman–Crippen LogP) is 2.39. The van der Waals surface area contributed by atoms with Crippen LogP contribution in [-0.4, -0.2) is 30.9 Å². The van der Waals surface area contributed by atoms with Gasteiger partial charge in [-0.15, -0.1) is 12.4 Å². The summed E-state index contributed by atoms with van der Waals surface area (Å²) in [7, 11) is 0. The van der Waals surface area contributed by atoms with E-state index < -0.39 is 17.5 Å². The van der Waals surface area contributed by atoms with E-state index in [9.17, 15) is 18.4 Å². The van der Waals surface area contributed by atoms with Crippen molar-refractivity contribution in [3.8, 4) is 0 Å². The van der Waals surface area contributed by atoms with Gasteiger partial charge in [-0.3, -0.25) is 9.59 Å². The van der Waals surface area contributed by atoms with Gasteiger partial charge in [-0.2, -0.15) is 0 Å². The topological polar surface area (TPSA) is 84.2 Å². The van der Waals surface area contributed by atoms with Crippen LogP contribution in [0.2, 0.25) is 0 Å². The van der Waals surface area contributed by atoms with Crippen molar-refractivity contribution < 1.29 is 18.4 Å². The van der Waals surface area contributed by atoms with E-state index in [1.54, 1.807) is 0 Å². The SMILES string of the molecule is CC(C)CC(CN)NC(=O)CCCNC(=O)c1ccc(F)cc1F.Cl. The van der Waals surface area contributed by atoms with Crippen LogP contribution in [0, 0.1) is 17.6 Å². The Labute approximate surface area is 153 Å². The van der Waals surface area contributed by atoms with Crippen LogP contribution < -0.4 is 16.4 Å². The molecule has 0 spiro atoms. The smallest absolute Gasteiger partial charge is 0.254 e. The van der Waals surface area contributed by atoms with Crippen LogP contribution >= 0.6 is 12.4 Å². The van der Waals surface area contributed by atoms with Crippen molar-refractivity contribution in [2.24, 2.45) is 11.7 Å². The first-order valence-electron chi connectivity index (χ1n) is 8.06. The molecule has 1 aromatic carbocycles. The summed E-state index contributed by atoms with van der Waals surface area (Å²) in [6.45, 7) is 4.71. The standard InChI is InChI=1S/C17H25F2N3O2.ClH/c1-11(2)8-13(10-20)22-16(23)4-3-7-21-17(24)14-6-5-12(18)9-15(14)19;/h5-6,9,11,13H,3-4,7-8,10,20H2,1-2H3,(H,21,24)(H,22,23);1H. The summed E-state index contributed by atoms with van der Waals surface area (Å²) in [4.78, 5) is 23.6. The number of hydrogen-bond donors (Lipinski definition) is 3. The summed E-state index contributed by atoms with van der Waals surface area (Å²) in [5, 5.41) is 5.36. The maximum atomic E-state index is 13.4. The molecule has 4 N–H and O–H groups in total. The minimum Gasteiger partial charge on any atom is -0.352 e. The van der Waals surface area contributed by atoms with Crippen LogP contribution in [0.4, 0.5) is 8.78 Å². The highest BCUT2D eigenvalue weighted by atomic mass is 35.5. The van der Waals surface area contributed by atoms with Gasteiger partial charge in [0.05, 0.1) is 5.56 Å². The summed E-state index contributed by atoms with van der Waals surface area (Å²) in [5.41, 5.74) is 5.40. The highest BCUT2D eigenvalue weighted by Gasteiger charge is 2.14. The summed E-state index contributed by atoms with van der Waals surface area (Å²) in [6, 6.07) is 2.71. The predicted molar refractivity (Wildman–Crippen MR) is 95.6 cm³/mol. The van der Waals surface area contributed by atoms with E-state index in [1.165, 1.54) is 0 Å². The van der Waals surface area contributed by atoms with E-state index in [-0.39, 0.29) is 42.9 Å². The lowest BCUT2D eigenvalue weighted by molar-refractivity contribution is -0.121. The molecule has 142 valence electrons. The highest BCUT2D eigenvalue weighted by Crippen LogP contribution is 2.09. The molecular weight excluding hydrogens is 352 g/mol. The normalized spacial score (nSPS) is 11.6. The number of hydrogen-bond acceptors (Lipinski definition) is 3. The molecule has 0 aromatic heterocycles. The molecule has 0 aliphatic rings. The third kappa shape index (κ3) is 8.79. The molecule has 1 unspecified atom stereocenters. The Kier molecular flexibility index (Phi) is 10.9. The second-order valence-electron chi connectivity index (χ2n) is 6.11. The van der Waals surface area contributed by atoms with Crippen LogP contribution in [-0.2, 0) is 4.79 Å². The summed E-state index contributed by atoms with van der Waals surface area (Å²) < 4.78 is 26.2. The first-order chi connectivity index (χ1) is 11.3. The lowest BCUT2D eigenvalue weighted by Gasteiger charge is -2.18. The van der Waals surface area contributed by atoms with Crippen molar-refractivity contribution in [2.75, 3.05) is 13.1 Å². The Balaban J connectivity index is 0.00000576. The average molecular weight is 378 g/mol. The van der Waals surface area contributed by atoms with Crippen LogP contribution in [0.5, 0.6) is 0 Å². The summed E-state index contributed by atoms with van der Waals surface area (Å²) >= 11 is 0. The van der Waals surface area contributed by atoms with Crippen LogP contribution in [0.3, 0.4) is 0 Å². The van der Waals surface area contributed by atoms with Gasteiger partial charge >= 0.3 is 0 Å². The van der Waals surface area contributed by atoms with Gasteiger partial charge in [0.2, 0.25) is 5.91 Å². The zero-order valence-corrected chi connectivity index (χ0v) is 15.3. The average Bonchev–Trinajstić information content (AvgIpc) is 2.50. The number of halogens is 3. The summed E-state index contributed by atoms with van der Waals surface area (Å²) in [5.74, 6) is -1.98. The molecule has 25 heavy (non-hydrogen) atoms. The van der Waals surface area contributed by atoms with Crippen molar-refractivity contribution in [3.63, 3.8) is 0 Å². The van der Waals surface area contributed by atoms with Crippen LogP contribution in [0.15, 0.2) is 18.2 Å². The molecule has 0 saturated carbocycles. The minimum atomic E-state index is -0.912. The maximum Gasteiger partial charge on any atom is 0.254 e. The van der Waals surface area contributed by atoms with E-state index in [0.717, 1.165) is 18.6 Å². The first kappa shape index (κ1) is 23.3. The fourth-order valence-corrected chi connectivity index (χ4v) is 2.30. The number of amides is 2. The molecule has 1 atom stereocenters. The Morgan fingerprint density at radius 3 is 2.48 bits per heavy atom. The van der Waals surface area contributed by atoms with Crippen molar-refractivity contribution in [1.29, 1.82) is 0 Å². The second-order valence-corrected chi connectivity index (χ2v) is 6.11. The van der Waals surface area contributed by atoms with Gasteiger partial charge in [0.25, 0.3) is 5.91 Å².